The van der Waals surface area contributed by atoms with Gasteiger partial charge in [-0.15, -0.1) is 0 Å². The van der Waals surface area contributed by atoms with Crippen LogP contribution in [-0.2, 0) is 17.7 Å². The zero-order valence-corrected chi connectivity index (χ0v) is 19.1. The van der Waals surface area contributed by atoms with E-state index >= 15 is 0 Å². The summed E-state index contributed by atoms with van der Waals surface area (Å²) in [4.78, 5) is 28.9. The molecule has 182 valence electrons. The second-order valence-electron chi connectivity index (χ2n) is 7.69. The Kier molecular flexibility index (Phi) is 7.21. The van der Waals surface area contributed by atoms with E-state index < -0.39 is 0 Å². The highest BCUT2D eigenvalue weighted by atomic mass is 16.5. The summed E-state index contributed by atoms with van der Waals surface area (Å²) >= 11 is 0. The third-order valence-corrected chi connectivity index (χ3v) is 5.20. The first-order valence-corrected chi connectivity index (χ1v) is 10.9. The van der Waals surface area contributed by atoms with Crippen molar-refractivity contribution in [3.8, 4) is 12.0 Å². The number of hydrogen-bond donors (Lipinski definition) is 4. The van der Waals surface area contributed by atoms with Gasteiger partial charge in [0, 0.05) is 25.4 Å². The second kappa shape index (κ2) is 10.7. The van der Waals surface area contributed by atoms with Crippen LogP contribution in [0, 0.1) is 0 Å². The number of nitrogens with one attached hydrogen (secondary N) is 1. The number of fused-ring (bicyclic) bond motifs is 1. The molecule has 0 saturated carbocycles. The number of benzene rings is 1. The van der Waals surface area contributed by atoms with Crippen molar-refractivity contribution < 1.29 is 19.4 Å². The van der Waals surface area contributed by atoms with E-state index in [0.717, 1.165) is 11.1 Å². The number of amides is 1. The fourth-order valence-electron chi connectivity index (χ4n) is 3.43. The average molecular weight is 479 g/mol. The van der Waals surface area contributed by atoms with Gasteiger partial charge in [0.05, 0.1) is 13.2 Å². The molecular formula is C23H26N8O4. The standard InChI is InChI=1S/C23H26N8O4/c1-34-10-11-35-22-29-19(25)18-20(30-22)31(23(33)28-18)13-15-2-4-16(5-3-15)21(32)27-9-7-14-6-8-26-17(24)12-14/h2-6,8,12H,7,9-11,13H2,1H3,(H2,24,26)(H,27,32)(H,28,33)(H2,25,29,30). The number of hydrogen-bond acceptors (Lipinski definition) is 10. The first-order chi connectivity index (χ1) is 16.9. The quantitative estimate of drug-likeness (QED) is 0.242. The lowest BCUT2D eigenvalue weighted by molar-refractivity contribution is 0.0954. The van der Waals surface area contributed by atoms with E-state index in [1.807, 2.05) is 6.07 Å². The molecule has 1 amide bonds. The average Bonchev–Trinajstić information content (AvgIpc) is 3.15. The molecule has 12 heteroatoms. The monoisotopic (exact) mass is 478 g/mol. The van der Waals surface area contributed by atoms with Crippen molar-refractivity contribution in [3.63, 3.8) is 0 Å². The maximum absolute atomic E-state index is 12.5. The molecule has 35 heavy (non-hydrogen) atoms. The Morgan fingerprint density at radius 1 is 1.09 bits per heavy atom. The minimum Gasteiger partial charge on any atom is -0.480 e. The smallest absolute Gasteiger partial charge is 0.320 e. The molecule has 0 aliphatic carbocycles. The number of anilines is 2. The minimum atomic E-state index is -0.256. The van der Waals surface area contributed by atoms with Gasteiger partial charge in [-0.2, -0.15) is 15.0 Å². The molecule has 3 aromatic heterocycles. The molecule has 4 aromatic rings. The van der Waals surface area contributed by atoms with Crippen LogP contribution in [0.5, 0.6) is 12.0 Å². The zero-order valence-electron chi connectivity index (χ0n) is 19.1. The van der Waals surface area contributed by atoms with Crippen LogP contribution >= 0.6 is 0 Å². The molecule has 0 bridgehead atoms. The maximum atomic E-state index is 12.5. The van der Waals surface area contributed by atoms with Gasteiger partial charge in [0.15, 0.2) is 17.0 Å². The van der Waals surface area contributed by atoms with Gasteiger partial charge in [-0.25, -0.2) is 4.98 Å². The van der Waals surface area contributed by atoms with Gasteiger partial charge in [0.2, 0.25) is 0 Å². The van der Waals surface area contributed by atoms with Crippen LogP contribution in [-0.4, -0.2) is 62.4 Å². The van der Waals surface area contributed by atoms with Crippen LogP contribution in [0.3, 0.4) is 0 Å². The fourth-order valence-corrected chi connectivity index (χ4v) is 3.43. The summed E-state index contributed by atoms with van der Waals surface area (Å²) in [6, 6.07) is 10.5. The normalized spacial score (nSPS) is 11.0. The highest BCUT2D eigenvalue weighted by Gasteiger charge is 2.17. The Balaban J connectivity index is 1.42. The number of rotatable bonds is 10. The van der Waals surface area contributed by atoms with Gasteiger partial charge in [-0.05, 0) is 41.8 Å². The Bertz CT molecular complexity index is 1320. The Morgan fingerprint density at radius 2 is 1.89 bits per heavy atom. The van der Waals surface area contributed by atoms with Crippen LogP contribution in [0.2, 0.25) is 0 Å². The topological polar surface area (TPSA) is 176 Å². The van der Waals surface area contributed by atoms with Gasteiger partial charge in [-0.3, -0.25) is 9.36 Å². The molecule has 0 saturated heterocycles. The van der Waals surface area contributed by atoms with Crippen molar-refractivity contribution in [2.75, 3.05) is 38.3 Å². The van der Waals surface area contributed by atoms with Gasteiger partial charge in [0.1, 0.15) is 12.4 Å². The number of aromatic nitrogens is 5. The molecular weight excluding hydrogens is 452 g/mol. The molecule has 0 atom stereocenters. The van der Waals surface area contributed by atoms with Crippen molar-refractivity contribution >= 4 is 28.7 Å². The SMILES string of the molecule is COCCOc1nc(N)c2nc(O)n(Cc3ccc(C(=O)NCCc4ccnc(N)c4)cc3)c2n1. The zero-order chi connectivity index (χ0) is 24.8. The number of nitrogens with zero attached hydrogens (tertiary/aromatic N) is 5. The van der Waals surface area contributed by atoms with Gasteiger partial charge in [-0.1, -0.05) is 12.1 Å². The van der Waals surface area contributed by atoms with E-state index in [2.05, 4.69) is 25.3 Å². The lowest BCUT2D eigenvalue weighted by atomic mass is 10.1. The number of nitrogen functional groups attached to an aromatic ring is 2. The Labute approximate surface area is 200 Å². The summed E-state index contributed by atoms with van der Waals surface area (Å²) in [6.07, 6.45) is 2.29. The van der Waals surface area contributed by atoms with Crippen molar-refractivity contribution in [1.82, 2.24) is 29.8 Å². The third-order valence-electron chi connectivity index (χ3n) is 5.20. The van der Waals surface area contributed by atoms with Crippen LogP contribution in [0.15, 0.2) is 42.6 Å². The Morgan fingerprint density at radius 3 is 2.63 bits per heavy atom. The molecule has 0 unspecified atom stereocenters. The first-order valence-electron chi connectivity index (χ1n) is 10.9. The molecule has 4 rings (SSSR count). The molecule has 0 aliphatic rings. The number of carbonyl (C=O) groups excluding carboxylic acids is 1. The highest BCUT2D eigenvalue weighted by molar-refractivity contribution is 5.94. The molecule has 1 aromatic carbocycles. The summed E-state index contributed by atoms with van der Waals surface area (Å²) < 4.78 is 11.9. The van der Waals surface area contributed by atoms with Crippen LogP contribution < -0.4 is 21.5 Å². The summed E-state index contributed by atoms with van der Waals surface area (Å²) in [5.41, 5.74) is 14.6. The summed E-state index contributed by atoms with van der Waals surface area (Å²) in [7, 11) is 1.56. The predicted molar refractivity (Wildman–Crippen MR) is 129 cm³/mol. The Hall–Kier alpha value is -4.45. The molecule has 12 nitrogen and oxygen atoms in total. The van der Waals surface area contributed by atoms with Crippen LogP contribution in [0.25, 0.3) is 11.2 Å². The van der Waals surface area contributed by atoms with E-state index in [-0.39, 0.29) is 42.4 Å². The lowest BCUT2D eigenvalue weighted by Gasteiger charge is -2.09. The van der Waals surface area contributed by atoms with E-state index in [0.29, 0.717) is 36.6 Å². The fraction of sp³-hybridized carbons (Fsp3) is 0.261. The molecule has 0 radical (unpaired) electrons. The lowest BCUT2D eigenvalue weighted by Crippen LogP contribution is -2.25. The number of nitrogens with two attached hydrogens (primary N) is 2. The van der Waals surface area contributed by atoms with E-state index in [1.165, 1.54) is 4.57 Å². The van der Waals surface area contributed by atoms with Gasteiger partial charge >= 0.3 is 6.01 Å². The number of ether oxygens (including phenoxy) is 2. The number of aromatic hydroxyl groups is 1. The van der Waals surface area contributed by atoms with Crippen molar-refractivity contribution in [2.45, 2.75) is 13.0 Å². The van der Waals surface area contributed by atoms with Crippen LogP contribution in [0.1, 0.15) is 21.5 Å². The highest BCUT2D eigenvalue weighted by Crippen LogP contribution is 2.25. The molecule has 0 fully saturated rings. The molecule has 3 heterocycles. The van der Waals surface area contributed by atoms with Crippen molar-refractivity contribution in [1.29, 1.82) is 0 Å². The predicted octanol–water partition coefficient (Wildman–Crippen LogP) is 1.14. The van der Waals surface area contributed by atoms with Gasteiger partial charge < -0.3 is 31.4 Å². The van der Waals surface area contributed by atoms with Crippen molar-refractivity contribution in [3.05, 3.63) is 59.3 Å². The van der Waals surface area contributed by atoms with Gasteiger partial charge in [0.25, 0.3) is 11.9 Å². The number of pyridine rings is 1. The maximum Gasteiger partial charge on any atom is 0.320 e. The largest absolute Gasteiger partial charge is 0.480 e. The number of imidazole rings is 1. The third kappa shape index (κ3) is 5.73. The van der Waals surface area contributed by atoms with E-state index in [4.69, 9.17) is 20.9 Å². The molecule has 0 aliphatic heterocycles. The summed E-state index contributed by atoms with van der Waals surface area (Å²) in [5, 5.41) is 13.3. The van der Waals surface area contributed by atoms with E-state index in [9.17, 15) is 9.90 Å². The second-order valence-corrected chi connectivity index (χ2v) is 7.69. The van der Waals surface area contributed by atoms with Crippen LogP contribution in [0.4, 0.5) is 11.6 Å². The molecule has 0 spiro atoms. The minimum absolute atomic E-state index is 0.0645. The van der Waals surface area contributed by atoms with Crippen molar-refractivity contribution in [2.24, 2.45) is 0 Å². The number of carbonyl (C=O) groups is 1. The molecule has 6 N–H and O–H groups in total. The number of methoxy groups -OCH3 is 1. The first kappa shape index (κ1) is 23.7. The summed E-state index contributed by atoms with van der Waals surface area (Å²) in [6.45, 7) is 1.34. The van der Waals surface area contributed by atoms with E-state index in [1.54, 1.807) is 43.6 Å². The summed E-state index contributed by atoms with van der Waals surface area (Å²) in [5.74, 6) is 0.357.